The molecule has 3 aromatic rings. The van der Waals surface area contributed by atoms with Crippen LogP contribution in [-0.2, 0) is 0 Å². The van der Waals surface area contributed by atoms with Gasteiger partial charge in [-0.2, -0.15) is 0 Å². The SMILES string of the molecule is Cc1ccc(C2Sc3ccccc3C2C(=O)c2ccc(OCC[NH+]3CCCCC3)cc2)cc1. The third-order valence-corrected chi connectivity index (χ3v) is 8.35. The van der Waals surface area contributed by atoms with E-state index in [0.29, 0.717) is 0 Å². The van der Waals surface area contributed by atoms with E-state index in [0.717, 1.165) is 30.0 Å². The van der Waals surface area contributed by atoms with Crippen molar-refractivity contribution in [1.29, 1.82) is 0 Å². The quantitative estimate of drug-likeness (QED) is 0.490. The summed E-state index contributed by atoms with van der Waals surface area (Å²) in [7, 11) is 0. The van der Waals surface area contributed by atoms with Gasteiger partial charge in [-0.15, -0.1) is 11.8 Å². The smallest absolute Gasteiger partial charge is 0.171 e. The van der Waals surface area contributed by atoms with Gasteiger partial charge in [0.2, 0.25) is 0 Å². The van der Waals surface area contributed by atoms with Crippen molar-refractivity contribution in [3.05, 3.63) is 95.1 Å². The van der Waals surface area contributed by atoms with Crippen LogP contribution < -0.4 is 9.64 Å². The minimum absolute atomic E-state index is 0.0962. The number of aryl methyl sites for hydroxylation is 1. The van der Waals surface area contributed by atoms with E-state index in [1.54, 1.807) is 16.7 Å². The van der Waals surface area contributed by atoms with Crippen LogP contribution in [0.1, 0.15) is 57.5 Å². The van der Waals surface area contributed by atoms with Gasteiger partial charge >= 0.3 is 0 Å². The number of carbonyl (C=O) groups excluding carboxylic acids is 1. The van der Waals surface area contributed by atoms with E-state index >= 15 is 0 Å². The average molecular weight is 459 g/mol. The summed E-state index contributed by atoms with van der Waals surface area (Å²) in [6.07, 6.45) is 4.03. The maximum absolute atomic E-state index is 13.7. The van der Waals surface area contributed by atoms with Gasteiger partial charge in [0.05, 0.1) is 19.0 Å². The van der Waals surface area contributed by atoms with E-state index in [4.69, 9.17) is 4.74 Å². The predicted molar refractivity (Wildman–Crippen MR) is 135 cm³/mol. The second kappa shape index (κ2) is 10.1. The molecule has 0 amide bonds. The van der Waals surface area contributed by atoms with E-state index < -0.39 is 0 Å². The average Bonchev–Trinajstić information content (AvgIpc) is 3.25. The first-order valence-electron chi connectivity index (χ1n) is 12.1. The van der Waals surface area contributed by atoms with Gasteiger partial charge < -0.3 is 9.64 Å². The highest BCUT2D eigenvalue weighted by atomic mass is 32.2. The molecule has 5 rings (SSSR count). The number of carbonyl (C=O) groups is 1. The van der Waals surface area contributed by atoms with Crippen LogP contribution in [0.3, 0.4) is 0 Å². The fourth-order valence-corrected chi connectivity index (χ4v) is 6.48. The molecule has 2 unspecified atom stereocenters. The largest absolute Gasteiger partial charge is 0.488 e. The van der Waals surface area contributed by atoms with Crippen molar-refractivity contribution in [2.75, 3.05) is 26.2 Å². The number of likely N-dealkylation sites (tertiary alicyclic amines) is 1. The fraction of sp³-hybridized carbons (Fsp3) is 0.345. The molecule has 1 N–H and O–H groups in total. The van der Waals surface area contributed by atoms with Crippen LogP contribution in [0.15, 0.2) is 77.7 Å². The molecule has 0 aromatic heterocycles. The molecule has 1 fully saturated rings. The van der Waals surface area contributed by atoms with Crippen molar-refractivity contribution in [3.8, 4) is 5.75 Å². The van der Waals surface area contributed by atoms with Gasteiger partial charge in [0.15, 0.2) is 5.78 Å². The lowest BCUT2D eigenvalue weighted by atomic mass is 9.85. The molecule has 0 aliphatic carbocycles. The van der Waals surface area contributed by atoms with Crippen LogP contribution in [0, 0.1) is 6.92 Å². The van der Waals surface area contributed by atoms with Crippen molar-refractivity contribution in [2.45, 2.75) is 42.2 Å². The van der Waals surface area contributed by atoms with Crippen LogP contribution in [0.2, 0.25) is 0 Å². The molecule has 0 spiro atoms. The molecule has 1 saturated heterocycles. The van der Waals surface area contributed by atoms with Gasteiger partial charge in [0.1, 0.15) is 18.9 Å². The minimum Gasteiger partial charge on any atom is -0.488 e. The zero-order chi connectivity index (χ0) is 22.6. The number of quaternary nitrogens is 1. The summed E-state index contributed by atoms with van der Waals surface area (Å²) in [5.41, 5.74) is 4.34. The Balaban J connectivity index is 1.30. The molecule has 0 saturated carbocycles. The Bertz CT molecular complexity index is 1090. The number of nitrogens with one attached hydrogen (secondary N) is 1. The molecule has 170 valence electrons. The summed E-state index contributed by atoms with van der Waals surface area (Å²) in [5.74, 6) is 0.852. The molecule has 3 nitrogen and oxygen atoms in total. The number of piperidine rings is 1. The lowest BCUT2D eigenvalue weighted by molar-refractivity contribution is -0.904. The number of rotatable bonds is 7. The number of ether oxygens (including phenoxy) is 1. The molecule has 0 bridgehead atoms. The lowest BCUT2D eigenvalue weighted by Gasteiger charge is -2.23. The molecule has 2 atom stereocenters. The van der Waals surface area contributed by atoms with Crippen LogP contribution in [0.25, 0.3) is 0 Å². The second-order valence-electron chi connectivity index (χ2n) is 9.26. The van der Waals surface area contributed by atoms with E-state index in [2.05, 4.69) is 49.4 Å². The van der Waals surface area contributed by atoms with Gasteiger partial charge in [0, 0.05) is 15.7 Å². The Morgan fingerprint density at radius 3 is 2.42 bits per heavy atom. The summed E-state index contributed by atoms with van der Waals surface area (Å²) in [5, 5.41) is 0.0962. The number of benzene rings is 3. The maximum atomic E-state index is 13.7. The second-order valence-corrected chi connectivity index (χ2v) is 10.4. The number of hydrogen-bond donors (Lipinski definition) is 1. The first-order chi connectivity index (χ1) is 16.2. The van der Waals surface area contributed by atoms with Gasteiger partial charge in [-0.25, -0.2) is 0 Å². The number of fused-ring (bicyclic) bond motifs is 1. The van der Waals surface area contributed by atoms with Crippen LogP contribution in [0.5, 0.6) is 5.75 Å². The number of Topliss-reactive ketones (excluding diaryl/α,β-unsaturated/α-hetero) is 1. The number of hydrogen-bond acceptors (Lipinski definition) is 3. The van der Waals surface area contributed by atoms with Gasteiger partial charge in [0.25, 0.3) is 0 Å². The third kappa shape index (κ3) is 5.02. The summed E-state index contributed by atoms with van der Waals surface area (Å²) < 4.78 is 5.99. The van der Waals surface area contributed by atoms with Gasteiger partial charge in [-0.3, -0.25) is 4.79 Å². The number of ketones is 1. The lowest BCUT2D eigenvalue weighted by Crippen LogP contribution is -3.13. The third-order valence-electron chi connectivity index (χ3n) is 6.92. The monoisotopic (exact) mass is 458 g/mol. The highest BCUT2D eigenvalue weighted by Gasteiger charge is 2.39. The predicted octanol–water partition coefficient (Wildman–Crippen LogP) is 5.26. The molecule has 0 radical (unpaired) electrons. The Morgan fingerprint density at radius 2 is 1.67 bits per heavy atom. The summed E-state index contributed by atoms with van der Waals surface area (Å²) in [6, 6.07) is 24.7. The Morgan fingerprint density at radius 1 is 0.939 bits per heavy atom. The van der Waals surface area contributed by atoms with Crippen molar-refractivity contribution >= 4 is 17.5 Å². The normalized spacial score (nSPS) is 20.4. The van der Waals surface area contributed by atoms with Crippen molar-refractivity contribution in [1.82, 2.24) is 0 Å². The van der Waals surface area contributed by atoms with Crippen LogP contribution >= 0.6 is 11.8 Å². The zero-order valence-electron chi connectivity index (χ0n) is 19.3. The topological polar surface area (TPSA) is 30.7 Å². The Hall–Kier alpha value is -2.56. The van der Waals surface area contributed by atoms with E-state index in [1.807, 2.05) is 30.3 Å². The molecule has 4 heteroatoms. The molecule has 33 heavy (non-hydrogen) atoms. The molecule has 2 heterocycles. The number of thioether (sulfide) groups is 1. The fourth-order valence-electron chi connectivity index (χ4n) is 5.02. The Labute approximate surface area is 201 Å². The van der Waals surface area contributed by atoms with E-state index in [1.165, 1.54) is 48.4 Å². The van der Waals surface area contributed by atoms with E-state index in [9.17, 15) is 4.79 Å². The van der Waals surface area contributed by atoms with Gasteiger partial charge in [-0.1, -0.05) is 48.0 Å². The summed E-state index contributed by atoms with van der Waals surface area (Å²) >= 11 is 1.81. The molecule has 3 aromatic carbocycles. The van der Waals surface area contributed by atoms with E-state index in [-0.39, 0.29) is 17.0 Å². The standard InChI is InChI=1S/C29H31NO2S/c1-21-9-11-23(12-10-21)29-27(25-7-3-4-8-26(25)33-29)28(31)22-13-15-24(16-14-22)32-20-19-30-17-5-2-6-18-30/h3-4,7-16,27,29H,2,5-6,17-20H2,1H3/p+1. The first-order valence-corrected chi connectivity index (χ1v) is 13.0. The maximum Gasteiger partial charge on any atom is 0.171 e. The molecule has 2 aliphatic rings. The van der Waals surface area contributed by atoms with Crippen molar-refractivity contribution < 1.29 is 14.4 Å². The zero-order valence-corrected chi connectivity index (χ0v) is 20.1. The minimum atomic E-state index is -0.177. The molecular weight excluding hydrogens is 426 g/mol. The highest BCUT2D eigenvalue weighted by molar-refractivity contribution is 8.00. The van der Waals surface area contributed by atoms with Crippen molar-refractivity contribution in [3.63, 3.8) is 0 Å². The first kappa shape index (κ1) is 22.2. The summed E-state index contributed by atoms with van der Waals surface area (Å²) in [4.78, 5) is 16.6. The van der Waals surface area contributed by atoms with Crippen LogP contribution in [-0.4, -0.2) is 32.0 Å². The molecule has 2 aliphatic heterocycles. The summed E-state index contributed by atoms with van der Waals surface area (Å²) in [6.45, 7) is 6.40. The van der Waals surface area contributed by atoms with Crippen LogP contribution in [0.4, 0.5) is 0 Å². The highest BCUT2D eigenvalue weighted by Crippen LogP contribution is 2.55. The van der Waals surface area contributed by atoms with Gasteiger partial charge in [-0.05, 0) is 67.6 Å². The Kier molecular flexibility index (Phi) is 6.84. The molecular formula is C29H32NO2S+. The van der Waals surface area contributed by atoms with Crippen molar-refractivity contribution in [2.24, 2.45) is 0 Å².